The second-order valence-corrected chi connectivity index (χ2v) is 5.72. The van der Waals surface area contributed by atoms with Crippen LogP contribution in [0.2, 0.25) is 0 Å². The first kappa shape index (κ1) is 16.7. The minimum Gasteiger partial charge on any atom is -0.479 e. The van der Waals surface area contributed by atoms with Crippen molar-refractivity contribution in [1.29, 1.82) is 0 Å². The third-order valence-corrected chi connectivity index (χ3v) is 2.70. The average Bonchev–Trinajstić information content (AvgIpc) is 2.77. The zero-order chi connectivity index (χ0) is 16.2. The lowest BCUT2D eigenvalue weighted by molar-refractivity contribution is -0.142. The van der Waals surface area contributed by atoms with E-state index in [-0.39, 0.29) is 12.5 Å². The predicted octanol–water partition coefficient (Wildman–Crippen LogP) is -0.176. The highest BCUT2D eigenvalue weighted by Crippen LogP contribution is 2.13. The number of aromatic nitrogens is 2. The van der Waals surface area contributed by atoms with Crippen LogP contribution in [0.3, 0.4) is 0 Å². The van der Waals surface area contributed by atoms with Gasteiger partial charge in [0.05, 0.1) is 12.7 Å². The molecule has 2 amide bonds. The Balaban J connectivity index is 2.63. The molecule has 21 heavy (non-hydrogen) atoms. The fourth-order valence-electron chi connectivity index (χ4n) is 1.51. The van der Waals surface area contributed by atoms with E-state index in [1.807, 2.05) is 0 Å². The van der Waals surface area contributed by atoms with E-state index in [0.29, 0.717) is 5.56 Å². The molecule has 0 aliphatic carbocycles. The molecular formula is C13H20N4O4. The molecule has 1 aromatic rings. The molecule has 0 bridgehead atoms. The number of nitrogens with one attached hydrogen (secondary N) is 2. The lowest BCUT2D eigenvalue weighted by Crippen LogP contribution is -2.43. The number of aryl methyl sites for hydroxylation is 1. The summed E-state index contributed by atoms with van der Waals surface area (Å²) in [5.41, 5.74) is -0.254. The van der Waals surface area contributed by atoms with Gasteiger partial charge in [0.2, 0.25) is 11.8 Å². The molecule has 1 unspecified atom stereocenters. The number of amides is 2. The molecule has 116 valence electrons. The molecule has 8 nitrogen and oxygen atoms in total. The topological polar surface area (TPSA) is 113 Å². The number of carbonyl (C=O) groups is 3. The van der Waals surface area contributed by atoms with Crippen molar-refractivity contribution in [3.63, 3.8) is 0 Å². The quantitative estimate of drug-likeness (QED) is 0.698. The van der Waals surface area contributed by atoms with E-state index in [9.17, 15) is 14.4 Å². The first-order valence-corrected chi connectivity index (χ1v) is 6.40. The van der Waals surface area contributed by atoms with Gasteiger partial charge in [-0.25, -0.2) is 4.79 Å². The Morgan fingerprint density at radius 3 is 2.43 bits per heavy atom. The standard InChI is InChI=1S/C13H20N4O4/c1-13(2,3)12(21)14-6-9(18)16-10(11(19)20)8-5-15-17(4)7-8/h5,7,10H,6H2,1-4H3,(H,14,21)(H,16,18)(H,19,20). The minimum absolute atomic E-state index is 0.278. The highest BCUT2D eigenvalue weighted by Gasteiger charge is 2.25. The van der Waals surface area contributed by atoms with Crippen LogP contribution in [-0.2, 0) is 21.4 Å². The predicted molar refractivity (Wildman–Crippen MR) is 74.2 cm³/mol. The summed E-state index contributed by atoms with van der Waals surface area (Å²) >= 11 is 0. The van der Waals surface area contributed by atoms with Crippen LogP contribution < -0.4 is 10.6 Å². The number of hydrogen-bond acceptors (Lipinski definition) is 4. The van der Waals surface area contributed by atoms with Crippen LogP contribution in [0.4, 0.5) is 0 Å². The number of hydrogen-bond donors (Lipinski definition) is 3. The lowest BCUT2D eigenvalue weighted by atomic mass is 9.96. The fraction of sp³-hybridized carbons (Fsp3) is 0.538. The normalized spacial score (nSPS) is 12.6. The van der Waals surface area contributed by atoms with Crippen LogP contribution >= 0.6 is 0 Å². The van der Waals surface area contributed by atoms with Crippen molar-refractivity contribution in [2.24, 2.45) is 12.5 Å². The van der Waals surface area contributed by atoms with Crippen LogP contribution in [0, 0.1) is 5.41 Å². The fourth-order valence-corrected chi connectivity index (χ4v) is 1.51. The first-order chi connectivity index (χ1) is 9.61. The number of aliphatic carboxylic acids is 1. The highest BCUT2D eigenvalue weighted by atomic mass is 16.4. The molecule has 0 aliphatic rings. The molecule has 3 N–H and O–H groups in total. The summed E-state index contributed by atoms with van der Waals surface area (Å²) < 4.78 is 1.44. The minimum atomic E-state index is -1.20. The maximum atomic E-state index is 11.8. The monoisotopic (exact) mass is 296 g/mol. The van der Waals surface area contributed by atoms with E-state index in [4.69, 9.17) is 5.11 Å². The molecule has 1 aromatic heterocycles. The smallest absolute Gasteiger partial charge is 0.331 e. The van der Waals surface area contributed by atoms with E-state index in [2.05, 4.69) is 15.7 Å². The van der Waals surface area contributed by atoms with Crippen LogP contribution in [0.1, 0.15) is 32.4 Å². The molecule has 0 radical (unpaired) electrons. The SMILES string of the molecule is Cn1cc(C(NC(=O)CNC(=O)C(C)(C)C)C(=O)O)cn1. The summed E-state index contributed by atoms with van der Waals surface area (Å²) in [6.45, 7) is 4.88. The van der Waals surface area contributed by atoms with Crippen LogP contribution in [0.15, 0.2) is 12.4 Å². The number of nitrogens with zero attached hydrogens (tertiary/aromatic N) is 2. The average molecular weight is 296 g/mol. The molecule has 8 heteroatoms. The number of carboxylic acids is 1. The van der Waals surface area contributed by atoms with E-state index >= 15 is 0 Å². The largest absolute Gasteiger partial charge is 0.479 e. The molecule has 0 aliphatic heterocycles. The summed E-state index contributed by atoms with van der Waals surface area (Å²) in [6, 6.07) is -1.20. The van der Waals surface area contributed by atoms with Crippen molar-refractivity contribution in [3.05, 3.63) is 18.0 Å². The molecule has 0 spiro atoms. The van der Waals surface area contributed by atoms with Gasteiger partial charge in [-0.15, -0.1) is 0 Å². The second kappa shape index (κ2) is 6.38. The van der Waals surface area contributed by atoms with E-state index in [1.54, 1.807) is 27.8 Å². The molecule has 1 atom stereocenters. The zero-order valence-corrected chi connectivity index (χ0v) is 12.5. The summed E-state index contributed by atoms with van der Waals surface area (Å²) in [5.74, 6) is -2.06. The molecule has 1 rings (SSSR count). The van der Waals surface area contributed by atoms with Crippen molar-refractivity contribution < 1.29 is 19.5 Å². The van der Waals surface area contributed by atoms with Gasteiger partial charge >= 0.3 is 5.97 Å². The van der Waals surface area contributed by atoms with Crippen molar-refractivity contribution in [2.45, 2.75) is 26.8 Å². The van der Waals surface area contributed by atoms with Crippen LogP contribution in [0.25, 0.3) is 0 Å². The van der Waals surface area contributed by atoms with Gasteiger partial charge in [0.1, 0.15) is 0 Å². The Morgan fingerprint density at radius 1 is 1.38 bits per heavy atom. The Hall–Kier alpha value is -2.38. The Kier molecular flexibility index (Phi) is 5.07. The number of rotatable bonds is 5. The van der Waals surface area contributed by atoms with Gasteiger partial charge in [-0.05, 0) is 0 Å². The van der Waals surface area contributed by atoms with E-state index in [1.165, 1.54) is 17.1 Å². The molecular weight excluding hydrogens is 276 g/mol. The third-order valence-electron chi connectivity index (χ3n) is 2.70. The number of carbonyl (C=O) groups excluding carboxylic acids is 2. The summed E-state index contributed by atoms with van der Waals surface area (Å²) in [4.78, 5) is 34.6. The van der Waals surface area contributed by atoms with Crippen LogP contribution in [-0.4, -0.2) is 39.2 Å². The lowest BCUT2D eigenvalue weighted by Gasteiger charge is -2.18. The molecule has 0 aromatic carbocycles. The summed E-state index contributed by atoms with van der Waals surface area (Å²) in [6.07, 6.45) is 2.87. The van der Waals surface area contributed by atoms with Gasteiger partial charge in [0, 0.05) is 24.2 Å². The Morgan fingerprint density at radius 2 is 2.00 bits per heavy atom. The molecule has 0 saturated carbocycles. The van der Waals surface area contributed by atoms with Crippen LogP contribution in [0.5, 0.6) is 0 Å². The van der Waals surface area contributed by atoms with Crippen molar-refractivity contribution in [3.8, 4) is 0 Å². The van der Waals surface area contributed by atoms with Gasteiger partial charge in [-0.1, -0.05) is 20.8 Å². The molecule has 0 fully saturated rings. The van der Waals surface area contributed by atoms with Crippen molar-refractivity contribution in [1.82, 2.24) is 20.4 Å². The van der Waals surface area contributed by atoms with E-state index in [0.717, 1.165) is 0 Å². The first-order valence-electron chi connectivity index (χ1n) is 6.40. The van der Waals surface area contributed by atoms with Gasteiger partial charge in [-0.3, -0.25) is 14.3 Å². The van der Waals surface area contributed by atoms with Gasteiger partial charge in [0.15, 0.2) is 6.04 Å². The third kappa shape index (κ3) is 4.90. The van der Waals surface area contributed by atoms with Gasteiger partial charge in [0.25, 0.3) is 0 Å². The van der Waals surface area contributed by atoms with Gasteiger partial charge < -0.3 is 15.7 Å². The highest BCUT2D eigenvalue weighted by molar-refractivity contribution is 5.89. The maximum Gasteiger partial charge on any atom is 0.331 e. The zero-order valence-electron chi connectivity index (χ0n) is 12.5. The molecule has 1 heterocycles. The van der Waals surface area contributed by atoms with Crippen molar-refractivity contribution >= 4 is 17.8 Å². The van der Waals surface area contributed by atoms with Gasteiger partial charge in [-0.2, -0.15) is 5.10 Å². The second-order valence-electron chi connectivity index (χ2n) is 5.72. The van der Waals surface area contributed by atoms with Crippen molar-refractivity contribution in [2.75, 3.05) is 6.54 Å². The number of carboxylic acid groups (broad SMARTS) is 1. The Labute approximate surface area is 122 Å². The van der Waals surface area contributed by atoms with E-state index < -0.39 is 23.3 Å². The summed E-state index contributed by atoms with van der Waals surface area (Å²) in [5, 5.41) is 17.8. The summed E-state index contributed by atoms with van der Waals surface area (Å²) in [7, 11) is 1.65. The molecule has 0 saturated heterocycles. The maximum absolute atomic E-state index is 11.8. The Bertz CT molecular complexity index is 545.